The summed E-state index contributed by atoms with van der Waals surface area (Å²) in [5.41, 5.74) is 0.185. The standard InChI is InChI=1S/C12H16N2O2/c1-5-7-13(4)10(3)14-8-6-11(15)12(16)9(14)2/h1,6,8,10,16H,7H2,2-4H3. The van der Waals surface area contributed by atoms with Crippen LogP contribution in [-0.2, 0) is 0 Å². The molecular formula is C12H16N2O2. The van der Waals surface area contributed by atoms with E-state index in [4.69, 9.17) is 6.42 Å². The second-order valence-corrected chi connectivity index (χ2v) is 3.77. The third-order valence-corrected chi connectivity index (χ3v) is 2.73. The van der Waals surface area contributed by atoms with Crippen molar-refractivity contribution in [2.75, 3.05) is 13.6 Å². The van der Waals surface area contributed by atoms with Gasteiger partial charge in [0, 0.05) is 12.3 Å². The molecule has 16 heavy (non-hydrogen) atoms. The lowest BCUT2D eigenvalue weighted by Gasteiger charge is -2.27. The van der Waals surface area contributed by atoms with Crippen LogP contribution in [-0.4, -0.2) is 28.2 Å². The Morgan fingerprint density at radius 2 is 2.31 bits per heavy atom. The predicted octanol–water partition coefficient (Wildman–Crippen LogP) is 0.946. The van der Waals surface area contributed by atoms with Gasteiger partial charge in [-0.3, -0.25) is 9.69 Å². The van der Waals surface area contributed by atoms with Crippen LogP contribution in [0.2, 0.25) is 0 Å². The molecule has 0 spiro atoms. The molecule has 0 amide bonds. The van der Waals surface area contributed by atoms with Gasteiger partial charge in [0.2, 0.25) is 5.43 Å². The molecule has 1 N–H and O–H groups in total. The maximum atomic E-state index is 11.2. The number of nitrogens with zero attached hydrogens (tertiary/aromatic N) is 2. The summed E-state index contributed by atoms with van der Waals surface area (Å²) in [6.45, 7) is 4.17. The molecule has 0 aliphatic rings. The van der Waals surface area contributed by atoms with Gasteiger partial charge < -0.3 is 9.67 Å². The van der Waals surface area contributed by atoms with E-state index in [-0.39, 0.29) is 17.3 Å². The second-order valence-electron chi connectivity index (χ2n) is 3.77. The SMILES string of the molecule is C#CCN(C)C(C)n1ccc(=O)c(O)c1C. The molecule has 0 aliphatic heterocycles. The molecule has 1 unspecified atom stereocenters. The predicted molar refractivity (Wildman–Crippen MR) is 63.3 cm³/mol. The summed E-state index contributed by atoms with van der Waals surface area (Å²) in [6.07, 6.45) is 6.89. The van der Waals surface area contributed by atoms with Crippen LogP contribution in [0.1, 0.15) is 18.8 Å². The summed E-state index contributed by atoms with van der Waals surface area (Å²) in [5.74, 6) is 2.35. The maximum absolute atomic E-state index is 11.2. The molecule has 1 atom stereocenters. The van der Waals surface area contributed by atoms with Crippen molar-refractivity contribution in [1.29, 1.82) is 0 Å². The van der Waals surface area contributed by atoms with Crippen LogP contribution in [0.4, 0.5) is 0 Å². The van der Waals surface area contributed by atoms with Crippen molar-refractivity contribution in [3.63, 3.8) is 0 Å². The molecular weight excluding hydrogens is 204 g/mol. The van der Waals surface area contributed by atoms with Crippen LogP contribution in [0, 0.1) is 19.3 Å². The molecule has 1 heterocycles. The number of aromatic nitrogens is 1. The fourth-order valence-electron chi connectivity index (χ4n) is 1.53. The van der Waals surface area contributed by atoms with Crippen LogP contribution in [0.15, 0.2) is 17.1 Å². The van der Waals surface area contributed by atoms with Crippen molar-refractivity contribution < 1.29 is 5.11 Å². The molecule has 0 aromatic carbocycles. The minimum absolute atomic E-state index is 0.0115. The lowest BCUT2D eigenvalue weighted by atomic mass is 10.3. The Bertz CT molecular complexity index is 471. The first-order valence-electron chi connectivity index (χ1n) is 5.03. The molecule has 0 radical (unpaired) electrons. The highest BCUT2D eigenvalue weighted by molar-refractivity contribution is 5.25. The topological polar surface area (TPSA) is 45.5 Å². The smallest absolute Gasteiger partial charge is 0.223 e. The fourth-order valence-corrected chi connectivity index (χ4v) is 1.53. The Morgan fingerprint density at radius 1 is 1.69 bits per heavy atom. The lowest BCUT2D eigenvalue weighted by Crippen LogP contribution is -2.29. The van der Waals surface area contributed by atoms with Gasteiger partial charge >= 0.3 is 0 Å². The normalized spacial score (nSPS) is 12.4. The van der Waals surface area contributed by atoms with E-state index in [9.17, 15) is 9.90 Å². The number of rotatable bonds is 3. The monoisotopic (exact) mass is 220 g/mol. The molecule has 1 rings (SSSR count). The van der Waals surface area contributed by atoms with Crippen molar-refractivity contribution in [3.8, 4) is 18.1 Å². The van der Waals surface area contributed by atoms with Crippen molar-refractivity contribution in [3.05, 3.63) is 28.2 Å². The zero-order valence-corrected chi connectivity index (χ0v) is 9.77. The summed E-state index contributed by atoms with van der Waals surface area (Å²) < 4.78 is 1.81. The molecule has 0 fully saturated rings. The van der Waals surface area contributed by atoms with E-state index in [0.717, 1.165) is 0 Å². The number of terminal acetylenes is 1. The molecule has 4 heteroatoms. The number of hydrogen-bond donors (Lipinski definition) is 1. The highest BCUT2D eigenvalue weighted by Gasteiger charge is 2.13. The largest absolute Gasteiger partial charge is 0.503 e. The van der Waals surface area contributed by atoms with Crippen molar-refractivity contribution in [2.45, 2.75) is 20.0 Å². The van der Waals surface area contributed by atoms with Crippen molar-refractivity contribution in [2.24, 2.45) is 0 Å². The highest BCUT2D eigenvalue weighted by atomic mass is 16.3. The van der Waals surface area contributed by atoms with Gasteiger partial charge in [-0.25, -0.2) is 0 Å². The molecule has 1 aromatic heterocycles. The highest BCUT2D eigenvalue weighted by Crippen LogP contribution is 2.17. The third-order valence-electron chi connectivity index (χ3n) is 2.73. The van der Waals surface area contributed by atoms with Gasteiger partial charge in [-0.15, -0.1) is 6.42 Å². The summed E-state index contributed by atoms with van der Waals surface area (Å²) in [6, 6.07) is 1.35. The molecule has 0 saturated heterocycles. The minimum Gasteiger partial charge on any atom is -0.503 e. The van der Waals surface area contributed by atoms with Gasteiger partial charge in [-0.2, -0.15) is 0 Å². The summed E-state index contributed by atoms with van der Waals surface area (Å²) in [5, 5.41) is 9.56. The van der Waals surface area contributed by atoms with E-state index < -0.39 is 0 Å². The van der Waals surface area contributed by atoms with Crippen LogP contribution < -0.4 is 5.43 Å². The van der Waals surface area contributed by atoms with Crippen molar-refractivity contribution in [1.82, 2.24) is 9.47 Å². The van der Waals surface area contributed by atoms with E-state index >= 15 is 0 Å². The summed E-state index contributed by atoms with van der Waals surface area (Å²) >= 11 is 0. The molecule has 0 aliphatic carbocycles. The number of pyridine rings is 1. The van der Waals surface area contributed by atoms with Crippen LogP contribution >= 0.6 is 0 Å². The fraction of sp³-hybridized carbons (Fsp3) is 0.417. The van der Waals surface area contributed by atoms with Gasteiger partial charge in [-0.05, 0) is 20.9 Å². The van der Waals surface area contributed by atoms with Crippen LogP contribution in [0.5, 0.6) is 5.75 Å². The quantitative estimate of drug-likeness (QED) is 0.771. The van der Waals surface area contributed by atoms with E-state index in [1.807, 2.05) is 23.4 Å². The Labute approximate surface area is 95.1 Å². The van der Waals surface area contributed by atoms with Crippen LogP contribution in [0.25, 0.3) is 0 Å². The zero-order valence-electron chi connectivity index (χ0n) is 9.77. The second kappa shape index (κ2) is 4.86. The minimum atomic E-state index is -0.361. The zero-order chi connectivity index (χ0) is 12.3. The van der Waals surface area contributed by atoms with Gasteiger partial charge in [0.15, 0.2) is 5.75 Å². The average Bonchev–Trinajstić information content (AvgIpc) is 2.26. The van der Waals surface area contributed by atoms with Gasteiger partial charge in [0.1, 0.15) is 0 Å². The Hall–Kier alpha value is -1.73. The van der Waals surface area contributed by atoms with E-state index in [1.54, 1.807) is 13.1 Å². The summed E-state index contributed by atoms with van der Waals surface area (Å²) in [4.78, 5) is 13.1. The lowest BCUT2D eigenvalue weighted by molar-refractivity contribution is 0.212. The molecule has 86 valence electrons. The maximum Gasteiger partial charge on any atom is 0.223 e. The first-order valence-corrected chi connectivity index (χ1v) is 5.03. The number of hydrogen-bond acceptors (Lipinski definition) is 3. The average molecular weight is 220 g/mol. The van der Waals surface area contributed by atoms with Crippen LogP contribution in [0.3, 0.4) is 0 Å². The van der Waals surface area contributed by atoms with E-state index in [1.165, 1.54) is 6.07 Å². The first-order chi connectivity index (χ1) is 7.49. The van der Waals surface area contributed by atoms with Gasteiger partial charge in [-0.1, -0.05) is 5.92 Å². The van der Waals surface area contributed by atoms with Crippen molar-refractivity contribution >= 4 is 0 Å². The molecule has 4 nitrogen and oxygen atoms in total. The Balaban J connectivity index is 3.11. The van der Waals surface area contributed by atoms with Gasteiger partial charge in [0.05, 0.1) is 18.4 Å². The van der Waals surface area contributed by atoms with E-state index in [2.05, 4.69) is 5.92 Å². The number of aromatic hydroxyl groups is 1. The third kappa shape index (κ3) is 2.26. The van der Waals surface area contributed by atoms with Gasteiger partial charge in [0.25, 0.3) is 0 Å². The Morgan fingerprint density at radius 3 is 2.88 bits per heavy atom. The molecule has 1 aromatic rings. The van der Waals surface area contributed by atoms with E-state index in [0.29, 0.717) is 12.2 Å². The molecule has 0 saturated carbocycles. The first kappa shape index (κ1) is 12.3. The molecule has 0 bridgehead atoms. The summed E-state index contributed by atoms with van der Waals surface area (Å²) in [7, 11) is 1.89. The Kier molecular flexibility index (Phi) is 3.75.